The van der Waals surface area contributed by atoms with Gasteiger partial charge in [-0.25, -0.2) is 0 Å². The molecule has 3 rings (SSSR count). The first-order valence-electron chi connectivity index (χ1n) is 8.48. The molecule has 1 aromatic rings. The van der Waals surface area contributed by atoms with Crippen molar-refractivity contribution in [3.63, 3.8) is 0 Å². The molecule has 4 heteroatoms. The Labute approximate surface area is 137 Å². The zero-order valence-electron chi connectivity index (χ0n) is 13.3. The van der Waals surface area contributed by atoms with E-state index in [0.29, 0.717) is 6.04 Å². The van der Waals surface area contributed by atoms with Crippen molar-refractivity contribution in [2.24, 2.45) is 0 Å². The van der Waals surface area contributed by atoms with Crippen molar-refractivity contribution in [1.29, 1.82) is 0 Å². The maximum Gasteiger partial charge on any atom is 0.0649 e. The molecule has 2 aliphatic heterocycles. The summed E-state index contributed by atoms with van der Waals surface area (Å²) in [7, 11) is 0. The number of piperidine rings is 1. The normalized spacial score (nSPS) is 27.7. The lowest BCUT2D eigenvalue weighted by molar-refractivity contribution is 0.187. The molecule has 2 atom stereocenters. The Balaban J connectivity index is 1.52. The Morgan fingerprint density at radius 1 is 1.33 bits per heavy atom. The van der Waals surface area contributed by atoms with E-state index in [0.717, 1.165) is 11.3 Å². The number of unbranched alkanes of at least 4 members (excludes halogenated alkanes) is 1. The Morgan fingerprint density at radius 3 is 2.90 bits per heavy atom. The van der Waals surface area contributed by atoms with Crippen molar-refractivity contribution in [2.45, 2.75) is 67.5 Å². The van der Waals surface area contributed by atoms with Crippen LogP contribution in [0.3, 0.4) is 0 Å². The molecule has 0 saturated carbocycles. The third kappa shape index (κ3) is 4.04. The second-order valence-corrected chi connectivity index (χ2v) is 9.14. The molecule has 1 unspecified atom stereocenters. The highest BCUT2D eigenvalue weighted by Gasteiger charge is 2.29. The van der Waals surface area contributed by atoms with Gasteiger partial charge in [-0.15, -0.1) is 23.1 Å². The molecule has 0 spiro atoms. The summed E-state index contributed by atoms with van der Waals surface area (Å²) in [5.74, 6) is 0. The van der Waals surface area contributed by atoms with Gasteiger partial charge in [0, 0.05) is 17.3 Å². The third-order valence-electron chi connectivity index (χ3n) is 4.76. The predicted octanol–water partition coefficient (Wildman–Crippen LogP) is 4.53. The molecule has 2 nitrogen and oxygen atoms in total. The summed E-state index contributed by atoms with van der Waals surface area (Å²) >= 11 is 3.98. The Kier molecular flexibility index (Phi) is 5.66. The van der Waals surface area contributed by atoms with E-state index < -0.39 is 0 Å². The molecule has 0 bridgehead atoms. The highest BCUT2D eigenvalue weighted by atomic mass is 32.2. The molecule has 21 heavy (non-hydrogen) atoms. The van der Waals surface area contributed by atoms with E-state index in [-0.39, 0.29) is 0 Å². The molecule has 3 heterocycles. The van der Waals surface area contributed by atoms with Gasteiger partial charge in [-0.1, -0.05) is 20.3 Å². The summed E-state index contributed by atoms with van der Waals surface area (Å²) in [5, 5.41) is 6.98. The van der Waals surface area contributed by atoms with E-state index in [9.17, 15) is 0 Å². The highest BCUT2D eigenvalue weighted by molar-refractivity contribution is 8.01. The van der Waals surface area contributed by atoms with Gasteiger partial charge in [0.1, 0.15) is 0 Å². The van der Waals surface area contributed by atoms with Gasteiger partial charge < -0.3 is 10.2 Å². The van der Waals surface area contributed by atoms with Crippen LogP contribution in [-0.2, 0) is 0 Å². The predicted molar refractivity (Wildman–Crippen MR) is 94.5 cm³/mol. The largest absolute Gasteiger partial charge is 0.307 e. The maximum atomic E-state index is 3.97. The highest BCUT2D eigenvalue weighted by Crippen LogP contribution is 2.44. The summed E-state index contributed by atoms with van der Waals surface area (Å²) in [5.41, 5.74) is 1.57. The van der Waals surface area contributed by atoms with Crippen LogP contribution < -0.4 is 5.32 Å². The summed E-state index contributed by atoms with van der Waals surface area (Å²) < 4.78 is 1.55. The fourth-order valence-corrected chi connectivity index (χ4v) is 6.06. The number of fused-ring (bicyclic) bond motifs is 1. The van der Waals surface area contributed by atoms with E-state index in [4.69, 9.17) is 0 Å². The third-order valence-corrected chi connectivity index (χ3v) is 7.11. The van der Waals surface area contributed by atoms with Crippen molar-refractivity contribution in [1.82, 2.24) is 10.2 Å². The molecule has 1 saturated heterocycles. The van der Waals surface area contributed by atoms with Crippen molar-refractivity contribution < 1.29 is 0 Å². The van der Waals surface area contributed by atoms with Gasteiger partial charge in [-0.3, -0.25) is 0 Å². The number of hydrogen-bond acceptors (Lipinski definition) is 4. The van der Waals surface area contributed by atoms with Crippen LogP contribution in [0.25, 0.3) is 0 Å². The second-order valence-electron chi connectivity index (χ2n) is 6.52. The molecular formula is C17H28N2S2. The average Bonchev–Trinajstić information content (AvgIpc) is 2.95. The van der Waals surface area contributed by atoms with Gasteiger partial charge in [0.05, 0.1) is 4.21 Å². The summed E-state index contributed by atoms with van der Waals surface area (Å²) in [6.07, 6.45) is 6.59. The molecule has 0 aliphatic carbocycles. The van der Waals surface area contributed by atoms with E-state index in [2.05, 4.69) is 47.3 Å². The van der Waals surface area contributed by atoms with Gasteiger partial charge in [-0.05, 0) is 62.3 Å². The minimum atomic E-state index is 0.592. The quantitative estimate of drug-likeness (QED) is 0.857. The Morgan fingerprint density at radius 2 is 2.14 bits per heavy atom. The number of hydrogen-bond donors (Lipinski definition) is 1. The topological polar surface area (TPSA) is 15.3 Å². The standard InChI is InChI=1S/C17H28N2S2/c1-3-4-8-19-9-5-14(6-10-19)18-16-12-13(2)21-17-15(16)7-11-20-17/h7,11,13-14,16,18H,3-6,8-10,12H2,1-2H3/t13-,16?/m0/s1. The number of rotatable bonds is 5. The first-order valence-corrected chi connectivity index (χ1v) is 10.2. The van der Waals surface area contributed by atoms with Crippen LogP contribution in [0.2, 0.25) is 0 Å². The molecule has 0 radical (unpaired) electrons. The van der Waals surface area contributed by atoms with Crippen LogP contribution in [0.5, 0.6) is 0 Å². The molecular weight excluding hydrogens is 296 g/mol. The first kappa shape index (κ1) is 15.9. The zero-order valence-corrected chi connectivity index (χ0v) is 14.9. The van der Waals surface area contributed by atoms with Crippen LogP contribution in [0, 0.1) is 0 Å². The summed E-state index contributed by atoms with van der Waals surface area (Å²) in [6.45, 7) is 8.52. The van der Waals surface area contributed by atoms with Gasteiger partial charge >= 0.3 is 0 Å². The SMILES string of the molecule is CCCCN1CCC(NC2C[C@H](C)Sc3sccc32)CC1. The monoisotopic (exact) mass is 324 g/mol. The number of nitrogens with one attached hydrogen (secondary N) is 1. The van der Waals surface area contributed by atoms with Gasteiger partial charge in [0.25, 0.3) is 0 Å². The minimum absolute atomic E-state index is 0.592. The number of nitrogens with zero attached hydrogens (tertiary/aromatic N) is 1. The van der Waals surface area contributed by atoms with Gasteiger partial charge in [-0.2, -0.15) is 0 Å². The molecule has 0 amide bonds. The molecule has 1 fully saturated rings. The fourth-order valence-electron chi connectivity index (χ4n) is 3.50. The molecule has 1 aromatic heterocycles. The molecule has 2 aliphatic rings. The lowest BCUT2D eigenvalue weighted by Crippen LogP contribution is -2.44. The summed E-state index contributed by atoms with van der Waals surface area (Å²) in [6, 6.07) is 3.65. The van der Waals surface area contributed by atoms with E-state index >= 15 is 0 Å². The molecule has 1 N–H and O–H groups in total. The van der Waals surface area contributed by atoms with Crippen LogP contribution in [0.4, 0.5) is 0 Å². The van der Waals surface area contributed by atoms with Crippen LogP contribution >= 0.6 is 23.1 Å². The number of likely N-dealkylation sites (tertiary alicyclic amines) is 1. The van der Waals surface area contributed by atoms with E-state index in [1.807, 2.05) is 11.3 Å². The van der Waals surface area contributed by atoms with Gasteiger partial charge in [0.2, 0.25) is 0 Å². The number of thioether (sulfide) groups is 1. The van der Waals surface area contributed by atoms with Crippen LogP contribution in [-0.4, -0.2) is 35.8 Å². The van der Waals surface area contributed by atoms with Crippen molar-refractivity contribution in [2.75, 3.05) is 19.6 Å². The fraction of sp³-hybridized carbons (Fsp3) is 0.765. The van der Waals surface area contributed by atoms with Crippen LogP contribution in [0.15, 0.2) is 15.7 Å². The number of thiophene rings is 1. The van der Waals surface area contributed by atoms with Crippen LogP contribution in [0.1, 0.15) is 57.6 Å². The average molecular weight is 325 g/mol. The maximum absolute atomic E-state index is 3.97. The second kappa shape index (κ2) is 7.49. The summed E-state index contributed by atoms with van der Waals surface area (Å²) in [4.78, 5) is 2.65. The molecule has 118 valence electrons. The molecule has 0 aromatic carbocycles. The first-order chi connectivity index (χ1) is 10.3. The zero-order chi connectivity index (χ0) is 14.7. The van der Waals surface area contributed by atoms with Crippen molar-refractivity contribution in [3.8, 4) is 0 Å². The van der Waals surface area contributed by atoms with E-state index in [1.165, 1.54) is 51.7 Å². The van der Waals surface area contributed by atoms with Gasteiger partial charge in [0.15, 0.2) is 0 Å². The van der Waals surface area contributed by atoms with Crippen molar-refractivity contribution in [3.05, 3.63) is 17.0 Å². The van der Waals surface area contributed by atoms with Crippen molar-refractivity contribution >= 4 is 23.1 Å². The van der Waals surface area contributed by atoms with E-state index in [1.54, 1.807) is 9.77 Å². The smallest absolute Gasteiger partial charge is 0.0649 e. The lowest BCUT2D eigenvalue weighted by atomic mass is 9.99. The lowest BCUT2D eigenvalue weighted by Gasteiger charge is -2.36. The Bertz CT molecular complexity index is 438. The Hall–Kier alpha value is -0.0300. The minimum Gasteiger partial charge on any atom is -0.307 e.